The van der Waals surface area contributed by atoms with Crippen molar-refractivity contribution in [2.45, 2.75) is 91.5 Å². The van der Waals surface area contributed by atoms with Crippen molar-refractivity contribution in [2.75, 3.05) is 26.2 Å². The minimum absolute atomic E-state index is 0.243. The van der Waals surface area contributed by atoms with Gasteiger partial charge in [-0.15, -0.1) is 0 Å². The quantitative estimate of drug-likeness (QED) is 0.668. The zero-order valence-corrected chi connectivity index (χ0v) is 16.2. The second-order valence-electron chi connectivity index (χ2n) is 8.73. The molecule has 1 heterocycles. The fourth-order valence-electron chi connectivity index (χ4n) is 4.24. The van der Waals surface area contributed by atoms with Crippen molar-refractivity contribution in [1.29, 1.82) is 0 Å². The molecule has 1 saturated carbocycles. The smallest absolute Gasteiger partial charge is 0.168 e. The van der Waals surface area contributed by atoms with E-state index in [2.05, 4.69) is 39.5 Å². The predicted molar refractivity (Wildman–Crippen MR) is 96.6 cm³/mol. The lowest BCUT2D eigenvalue weighted by Gasteiger charge is -2.41. The average molecular weight is 326 g/mol. The standard InChI is InChI=1S/C20H39NO2/c1-6-13-21(14-7-2)15-10-18-16-22-20(23-18)11-8-17(9-12-20)19(3,4)5/h17-18H,6-16H2,1-5H3. The summed E-state index contributed by atoms with van der Waals surface area (Å²) in [7, 11) is 0. The van der Waals surface area contributed by atoms with Gasteiger partial charge in [-0.3, -0.25) is 0 Å². The normalized spacial score (nSPS) is 32.1. The van der Waals surface area contributed by atoms with Crippen molar-refractivity contribution < 1.29 is 9.47 Å². The monoisotopic (exact) mass is 325 g/mol. The molecule has 0 aromatic rings. The van der Waals surface area contributed by atoms with Crippen LogP contribution in [-0.4, -0.2) is 43.0 Å². The molecule has 2 fully saturated rings. The van der Waals surface area contributed by atoms with Crippen LogP contribution in [0, 0.1) is 11.3 Å². The molecule has 0 aromatic carbocycles. The summed E-state index contributed by atoms with van der Waals surface area (Å²) in [4.78, 5) is 2.57. The molecule has 2 aliphatic rings. The lowest BCUT2D eigenvalue weighted by atomic mass is 9.71. The van der Waals surface area contributed by atoms with Gasteiger partial charge in [0, 0.05) is 19.4 Å². The van der Waals surface area contributed by atoms with Crippen LogP contribution in [0.2, 0.25) is 0 Å². The molecule has 1 aliphatic carbocycles. The van der Waals surface area contributed by atoms with Crippen molar-refractivity contribution >= 4 is 0 Å². The summed E-state index contributed by atoms with van der Waals surface area (Å²) in [6, 6.07) is 0. The Balaban J connectivity index is 1.76. The zero-order chi connectivity index (χ0) is 16.9. The zero-order valence-electron chi connectivity index (χ0n) is 16.2. The molecule has 3 heteroatoms. The molecule has 0 amide bonds. The Morgan fingerprint density at radius 3 is 2.13 bits per heavy atom. The molecule has 1 spiro atoms. The van der Waals surface area contributed by atoms with Crippen molar-refractivity contribution in [3.05, 3.63) is 0 Å². The molecule has 23 heavy (non-hydrogen) atoms. The van der Waals surface area contributed by atoms with E-state index in [0.29, 0.717) is 11.5 Å². The molecule has 1 saturated heterocycles. The maximum Gasteiger partial charge on any atom is 0.168 e. The van der Waals surface area contributed by atoms with Crippen LogP contribution in [0.1, 0.15) is 79.6 Å². The predicted octanol–water partition coefficient (Wildman–Crippen LogP) is 4.85. The van der Waals surface area contributed by atoms with Crippen LogP contribution < -0.4 is 0 Å². The van der Waals surface area contributed by atoms with Crippen LogP contribution in [0.15, 0.2) is 0 Å². The van der Waals surface area contributed by atoms with Gasteiger partial charge in [0.05, 0.1) is 12.7 Å². The van der Waals surface area contributed by atoms with Gasteiger partial charge in [-0.25, -0.2) is 0 Å². The Kier molecular flexibility index (Phi) is 6.94. The molecular weight excluding hydrogens is 286 g/mol. The van der Waals surface area contributed by atoms with Gasteiger partial charge in [0.25, 0.3) is 0 Å². The SMILES string of the molecule is CCCN(CCC)CCC1COC2(CCC(C(C)(C)C)CC2)O1. The third-order valence-electron chi connectivity index (χ3n) is 5.73. The molecule has 0 radical (unpaired) electrons. The van der Waals surface area contributed by atoms with Crippen molar-refractivity contribution in [3.63, 3.8) is 0 Å². The van der Waals surface area contributed by atoms with E-state index in [4.69, 9.17) is 9.47 Å². The fraction of sp³-hybridized carbons (Fsp3) is 1.00. The van der Waals surface area contributed by atoms with E-state index in [1.54, 1.807) is 0 Å². The molecular formula is C20H39NO2. The van der Waals surface area contributed by atoms with Gasteiger partial charge in [-0.1, -0.05) is 34.6 Å². The topological polar surface area (TPSA) is 21.7 Å². The van der Waals surface area contributed by atoms with E-state index in [-0.39, 0.29) is 5.79 Å². The fourth-order valence-corrected chi connectivity index (χ4v) is 4.24. The van der Waals surface area contributed by atoms with E-state index in [1.165, 1.54) is 38.8 Å². The van der Waals surface area contributed by atoms with Crippen LogP contribution >= 0.6 is 0 Å². The molecule has 1 atom stereocenters. The third-order valence-corrected chi connectivity index (χ3v) is 5.73. The number of hydrogen-bond donors (Lipinski definition) is 0. The summed E-state index contributed by atoms with van der Waals surface area (Å²) < 4.78 is 12.6. The summed E-state index contributed by atoms with van der Waals surface area (Å²) in [5, 5.41) is 0. The Bertz CT molecular complexity index is 336. The molecule has 0 N–H and O–H groups in total. The van der Waals surface area contributed by atoms with Gasteiger partial charge in [0.1, 0.15) is 0 Å². The Labute approximate surface area is 144 Å². The molecule has 136 valence electrons. The van der Waals surface area contributed by atoms with Gasteiger partial charge in [-0.05, 0) is 56.5 Å². The van der Waals surface area contributed by atoms with E-state index >= 15 is 0 Å². The maximum atomic E-state index is 6.41. The molecule has 1 aliphatic heterocycles. The largest absolute Gasteiger partial charge is 0.347 e. The first kappa shape index (κ1) is 19.2. The molecule has 1 unspecified atom stereocenters. The summed E-state index contributed by atoms with van der Waals surface area (Å²) in [5.74, 6) is 0.566. The number of ether oxygens (including phenoxy) is 2. The van der Waals surface area contributed by atoms with Crippen molar-refractivity contribution in [1.82, 2.24) is 4.90 Å². The minimum Gasteiger partial charge on any atom is -0.347 e. The van der Waals surface area contributed by atoms with Crippen LogP contribution in [0.3, 0.4) is 0 Å². The summed E-state index contributed by atoms with van der Waals surface area (Å²) >= 11 is 0. The van der Waals surface area contributed by atoms with Gasteiger partial charge in [-0.2, -0.15) is 0 Å². The first-order valence-corrected chi connectivity index (χ1v) is 9.92. The second kappa shape index (κ2) is 8.31. The first-order valence-electron chi connectivity index (χ1n) is 9.92. The highest BCUT2D eigenvalue weighted by Gasteiger charge is 2.45. The van der Waals surface area contributed by atoms with Crippen LogP contribution in [0.25, 0.3) is 0 Å². The lowest BCUT2D eigenvalue weighted by molar-refractivity contribution is -0.197. The van der Waals surface area contributed by atoms with E-state index in [1.807, 2.05) is 0 Å². The van der Waals surface area contributed by atoms with E-state index in [0.717, 1.165) is 38.3 Å². The van der Waals surface area contributed by atoms with Crippen LogP contribution in [0.4, 0.5) is 0 Å². The number of nitrogens with zero attached hydrogens (tertiary/aromatic N) is 1. The average Bonchev–Trinajstić information content (AvgIpc) is 2.88. The summed E-state index contributed by atoms with van der Waals surface area (Å²) in [5.41, 5.74) is 0.417. The van der Waals surface area contributed by atoms with Gasteiger partial charge in [0.15, 0.2) is 5.79 Å². The molecule has 3 nitrogen and oxygen atoms in total. The summed E-state index contributed by atoms with van der Waals surface area (Å²) in [6.07, 6.45) is 8.54. The molecule has 2 rings (SSSR count). The van der Waals surface area contributed by atoms with E-state index < -0.39 is 0 Å². The highest BCUT2D eigenvalue weighted by Crippen LogP contribution is 2.45. The van der Waals surface area contributed by atoms with Gasteiger partial charge < -0.3 is 14.4 Å². The third kappa shape index (κ3) is 5.44. The van der Waals surface area contributed by atoms with Crippen molar-refractivity contribution in [3.8, 4) is 0 Å². The lowest BCUT2D eigenvalue weighted by Crippen LogP contribution is -2.39. The van der Waals surface area contributed by atoms with Crippen LogP contribution in [0.5, 0.6) is 0 Å². The van der Waals surface area contributed by atoms with Crippen molar-refractivity contribution in [2.24, 2.45) is 11.3 Å². The Hall–Kier alpha value is -0.120. The maximum absolute atomic E-state index is 6.41. The van der Waals surface area contributed by atoms with E-state index in [9.17, 15) is 0 Å². The minimum atomic E-state index is -0.243. The molecule has 0 bridgehead atoms. The van der Waals surface area contributed by atoms with Gasteiger partial charge in [0.2, 0.25) is 0 Å². The number of rotatable bonds is 7. The summed E-state index contributed by atoms with van der Waals surface area (Å²) in [6.45, 7) is 16.0. The Morgan fingerprint density at radius 2 is 1.61 bits per heavy atom. The van der Waals surface area contributed by atoms with Crippen LogP contribution in [-0.2, 0) is 9.47 Å². The number of hydrogen-bond acceptors (Lipinski definition) is 3. The molecule has 0 aromatic heterocycles. The Morgan fingerprint density at radius 1 is 1.00 bits per heavy atom. The highest BCUT2D eigenvalue weighted by atomic mass is 16.7. The first-order chi connectivity index (χ1) is 10.9. The van der Waals surface area contributed by atoms with Gasteiger partial charge >= 0.3 is 0 Å². The second-order valence-corrected chi connectivity index (χ2v) is 8.73. The highest BCUT2D eigenvalue weighted by molar-refractivity contribution is 4.88.